The largest absolute Gasteiger partial charge is 0.497 e. The fourth-order valence-electron chi connectivity index (χ4n) is 3.61. The molecule has 30 heavy (non-hydrogen) atoms. The van der Waals surface area contributed by atoms with Gasteiger partial charge in [-0.05, 0) is 55.2 Å². The van der Waals surface area contributed by atoms with Crippen molar-refractivity contribution in [3.8, 4) is 5.75 Å². The van der Waals surface area contributed by atoms with Crippen molar-refractivity contribution in [3.05, 3.63) is 42.0 Å². The number of benzene rings is 2. The summed E-state index contributed by atoms with van der Waals surface area (Å²) in [5, 5.41) is 6.99. The Labute approximate surface area is 176 Å². The quantitative estimate of drug-likeness (QED) is 0.707. The van der Waals surface area contributed by atoms with E-state index >= 15 is 0 Å². The van der Waals surface area contributed by atoms with Crippen LogP contribution in [0.1, 0.15) is 51.0 Å². The molecule has 2 atom stereocenters. The molecule has 0 bridgehead atoms. The summed E-state index contributed by atoms with van der Waals surface area (Å²) in [7, 11) is 1.61. The minimum absolute atomic E-state index is 0.101. The van der Waals surface area contributed by atoms with Gasteiger partial charge < -0.3 is 14.8 Å². The van der Waals surface area contributed by atoms with Crippen LogP contribution in [-0.2, 0) is 14.3 Å². The number of carbonyl (C=O) groups is 3. The number of esters is 1. The van der Waals surface area contributed by atoms with Crippen LogP contribution in [0.3, 0.4) is 0 Å². The Morgan fingerprint density at radius 2 is 1.67 bits per heavy atom. The van der Waals surface area contributed by atoms with E-state index in [0.29, 0.717) is 0 Å². The number of urea groups is 1. The maximum absolute atomic E-state index is 12.5. The van der Waals surface area contributed by atoms with Crippen molar-refractivity contribution in [2.75, 3.05) is 7.11 Å². The van der Waals surface area contributed by atoms with E-state index in [1.807, 2.05) is 36.4 Å². The third kappa shape index (κ3) is 5.28. The van der Waals surface area contributed by atoms with Crippen LogP contribution in [0, 0.1) is 0 Å². The van der Waals surface area contributed by atoms with Gasteiger partial charge in [-0.3, -0.25) is 14.9 Å². The predicted octanol–water partition coefficient (Wildman–Crippen LogP) is 3.65. The Morgan fingerprint density at radius 1 is 1.00 bits per heavy atom. The summed E-state index contributed by atoms with van der Waals surface area (Å²) in [5.41, 5.74) is 0.782. The summed E-state index contributed by atoms with van der Waals surface area (Å²) in [5.74, 6) is -0.961. The van der Waals surface area contributed by atoms with Gasteiger partial charge in [0, 0.05) is 6.04 Å². The van der Waals surface area contributed by atoms with E-state index in [4.69, 9.17) is 9.47 Å². The number of carbonyl (C=O) groups excluding carboxylic acids is 3. The number of methoxy groups -OCH3 is 1. The molecule has 2 N–H and O–H groups in total. The molecular weight excluding hydrogens is 384 g/mol. The molecule has 0 unspecified atom stereocenters. The Hall–Kier alpha value is -3.09. The smallest absolute Gasteiger partial charge is 0.321 e. The van der Waals surface area contributed by atoms with Crippen LogP contribution in [0.2, 0.25) is 0 Å². The molecule has 3 rings (SSSR count). The zero-order valence-corrected chi connectivity index (χ0v) is 17.6. The van der Waals surface area contributed by atoms with Gasteiger partial charge in [-0.2, -0.15) is 0 Å². The molecule has 0 heterocycles. The number of hydrogen-bond acceptors (Lipinski definition) is 5. The molecule has 0 radical (unpaired) electrons. The van der Waals surface area contributed by atoms with Gasteiger partial charge in [0.2, 0.25) is 0 Å². The van der Waals surface area contributed by atoms with Crippen LogP contribution in [0.15, 0.2) is 36.4 Å². The van der Waals surface area contributed by atoms with Crippen LogP contribution in [-0.4, -0.2) is 37.2 Å². The highest BCUT2D eigenvalue weighted by molar-refractivity contribution is 5.97. The zero-order valence-electron chi connectivity index (χ0n) is 17.6. The van der Waals surface area contributed by atoms with Crippen molar-refractivity contribution in [1.29, 1.82) is 0 Å². The van der Waals surface area contributed by atoms with E-state index in [9.17, 15) is 14.4 Å². The number of imide groups is 1. The van der Waals surface area contributed by atoms with Crippen molar-refractivity contribution in [1.82, 2.24) is 10.6 Å². The number of rotatable bonds is 6. The molecule has 7 nitrogen and oxygen atoms in total. The average Bonchev–Trinajstić information content (AvgIpc) is 3.24. The summed E-state index contributed by atoms with van der Waals surface area (Å²) in [6.07, 6.45) is 2.92. The van der Waals surface area contributed by atoms with Gasteiger partial charge in [-0.15, -0.1) is 0 Å². The van der Waals surface area contributed by atoms with Gasteiger partial charge in [0.25, 0.3) is 5.91 Å². The average molecular weight is 412 g/mol. The van der Waals surface area contributed by atoms with E-state index in [1.165, 1.54) is 6.92 Å². The molecular formula is C23H28N2O5. The minimum atomic E-state index is -1.07. The third-order valence-electron chi connectivity index (χ3n) is 5.51. The van der Waals surface area contributed by atoms with Crippen LogP contribution in [0.25, 0.3) is 10.8 Å². The Morgan fingerprint density at radius 3 is 2.37 bits per heavy atom. The number of amides is 3. The van der Waals surface area contributed by atoms with Crippen molar-refractivity contribution in [2.24, 2.45) is 0 Å². The van der Waals surface area contributed by atoms with Crippen molar-refractivity contribution < 1.29 is 23.9 Å². The number of ether oxygens (including phenoxy) is 2. The second-order valence-electron chi connectivity index (χ2n) is 7.72. The van der Waals surface area contributed by atoms with Gasteiger partial charge in [0.1, 0.15) is 5.75 Å². The highest BCUT2D eigenvalue weighted by Gasteiger charge is 2.25. The van der Waals surface area contributed by atoms with Crippen molar-refractivity contribution in [2.45, 2.75) is 57.6 Å². The van der Waals surface area contributed by atoms with Crippen molar-refractivity contribution in [3.63, 3.8) is 0 Å². The molecule has 0 aliphatic heterocycles. The number of fused-ring (bicyclic) bond motifs is 1. The molecule has 7 heteroatoms. The van der Waals surface area contributed by atoms with Gasteiger partial charge in [0.15, 0.2) is 6.10 Å². The first-order valence-electron chi connectivity index (χ1n) is 10.3. The molecule has 0 saturated heterocycles. The summed E-state index contributed by atoms with van der Waals surface area (Å²) in [6.45, 7) is 3.18. The minimum Gasteiger partial charge on any atom is -0.497 e. The lowest BCUT2D eigenvalue weighted by Gasteiger charge is -2.18. The lowest BCUT2D eigenvalue weighted by molar-refractivity contribution is -0.155. The number of hydrogen-bond donors (Lipinski definition) is 2. The van der Waals surface area contributed by atoms with Crippen LogP contribution >= 0.6 is 0 Å². The second-order valence-corrected chi connectivity index (χ2v) is 7.72. The molecule has 2 aromatic carbocycles. The van der Waals surface area contributed by atoms with Crippen LogP contribution < -0.4 is 15.4 Å². The SMILES string of the molecule is COc1ccc2cc([C@H](C)C(=O)O[C@H](C)C(=O)NC(=O)NC3CCCC3)ccc2c1. The van der Waals surface area contributed by atoms with E-state index in [1.54, 1.807) is 14.0 Å². The first kappa shape index (κ1) is 21.6. The van der Waals surface area contributed by atoms with Gasteiger partial charge >= 0.3 is 12.0 Å². The molecule has 3 amide bonds. The monoisotopic (exact) mass is 412 g/mol. The maximum atomic E-state index is 12.5. The van der Waals surface area contributed by atoms with Crippen molar-refractivity contribution >= 4 is 28.7 Å². The van der Waals surface area contributed by atoms with E-state index in [0.717, 1.165) is 47.8 Å². The summed E-state index contributed by atoms with van der Waals surface area (Å²) < 4.78 is 10.5. The fourth-order valence-corrected chi connectivity index (χ4v) is 3.61. The molecule has 1 aliphatic carbocycles. The molecule has 160 valence electrons. The molecule has 1 saturated carbocycles. The van der Waals surface area contributed by atoms with E-state index < -0.39 is 29.9 Å². The Bertz CT molecular complexity index is 936. The summed E-state index contributed by atoms with van der Waals surface area (Å²) in [6, 6.07) is 10.9. The van der Waals surface area contributed by atoms with E-state index in [2.05, 4.69) is 10.6 Å². The predicted molar refractivity (Wildman–Crippen MR) is 113 cm³/mol. The first-order valence-corrected chi connectivity index (χ1v) is 10.3. The standard InChI is InChI=1S/C23H28N2O5/c1-14(16-8-9-18-13-20(29-3)11-10-17(18)12-16)22(27)30-15(2)21(26)25-23(28)24-19-6-4-5-7-19/h8-15,19H,4-7H2,1-3H3,(H2,24,25,26,28)/t14-,15+/m0/s1. The first-order chi connectivity index (χ1) is 14.4. The molecule has 0 spiro atoms. The van der Waals surface area contributed by atoms with Gasteiger partial charge in [-0.1, -0.05) is 37.1 Å². The Kier molecular flexibility index (Phi) is 6.92. The topological polar surface area (TPSA) is 93.7 Å². The third-order valence-corrected chi connectivity index (χ3v) is 5.51. The van der Waals surface area contributed by atoms with Gasteiger partial charge in [0.05, 0.1) is 13.0 Å². The van der Waals surface area contributed by atoms with Crippen LogP contribution in [0.5, 0.6) is 5.75 Å². The molecule has 1 aliphatic rings. The zero-order chi connectivity index (χ0) is 21.7. The van der Waals surface area contributed by atoms with Gasteiger partial charge in [-0.25, -0.2) is 4.79 Å². The molecule has 1 fully saturated rings. The van der Waals surface area contributed by atoms with Crippen LogP contribution in [0.4, 0.5) is 4.79 Å². The molecule has 0 aromatic heterocycles. The Balaban J connectivity index is 1.56. The lowest BCUT2D eigenvalue weighted by Crippen LogP contribution is -2.47. The number of nitrogens with one attached hydrogen (secondary N) is 2. The molecule has 2 aromatic rings. The second kappa shape index (κ2) is 9.61. The van der Waals surface area contributed by atoms with E-state index in [-0.39, 0.29) is 6.04 Å². The fraction of sp³-hybridized carbons (Fsp3) is 0.435. The highest BCUT2D eigenvalue weighted by Crippen LogP contribution is 2.26. The summed E-state index contributed by atoms with van der Waals surface area (Å²) in [4.78, 5) is 36.7. The summed E-state index contributed by atoms with van der Waals surface area (Å²) >= 11 is 0. The maximum Gasteiger partial charge on any atom is 0.321 e. The highest BCUT2D eigenvalue weighted by atomic mass is 16.5. The lowest BCUT2D eigenvalue weighted by atomic mass is 9.98. The normalized spacial score (nSPS) is 16.0.